The first-order chi connectivity index (χ1) is 11.8. The Morgan fingerprint density at radius 2 is 2.29 bits per heavy atom. The number of nitrogens with zero attached hydrogens (tertiary/aromatic N) is 7. The molecule has 0 spiro atoms. The van der Waals surface area contributed by atoms with Gasteiger partial charge in [0.05, 0.1) is 18.6 Å². The first-order valence-electron chi connectivity index (χ1n) is 6.87. The van der Waals surface area contributed by atoms with Crippen molar-refractivity contribution in [1.29, 1.82) is 0 Å². The van der Waals surface area contributed by atoms with Gasteiger partial charge >= 0.3 is 0 Å². The fraction of sp³-hybridized carbons (Fsp3) is 0.154. The van der Waals surface area contributed by atoms with Crippen LogP contribution in [0.1, 0.15) is 5.69 Å². The highest BCUT2D eigenvalue weighted by Gasteiger charge is 2.17. The highest BCUT2D eigenvalue weighted by atomic mass is 32.2. The minimum absolute atomic E-state index is 0.365. The molecule has 11 heteroatoms. The lowest BCUT2D eigenvalue weighted by Gasteiger charge is -2.06. The first kappa shape index (κ1) is 14.7. The lowest BCUT2D eigenvalue weighted by molar-refractivity contribution is 0.181. The van der Waals surface area contributed by atoms with Crippen molar-refractivity contribution in [3.05, 3.63) is 36.5 Å². The lowest BCUT2D eigenvalue weighted by Crippen LogP contribution is -2.11. The number of rotatable bonds is 5. The van der Waals surface area contributed by atoms with Crippen molar-refractivity contribution in [2.45, 2.75) is 16.8 Å². The fourth-order valence-corrected chi connectivity index (χ4v) is 3.00. The third kappa shape index (κ3) is 2.49. The normalized spacial score (nSPS) is 11.4. The number of nitrogens with two attached hydrogens (primary N) is 1. The average Bonchev–Trinajstić information content (AvgIpc) is 3.29. The molecular formula is C13H12N8O2S. The number of hydrogen-bond donors (Lipinski definition) is 1. The standard InChI is InChI=1S/C13H12N8O2S/c1-22-6-8-5-10(21-12(17-8)15-7-16-21)24-13-19-18-11(20(13)14)9-3-2-4-23-9/h2-5,7H,6,14H2,1H3. The van der Waals surface area contributed by atoms with Gasteiger partial charge in [-0.15, -0.1) is 10.2 Å². The van der Waals surface area contributed by atoms with Crippen LogP contribution in [-0.4, -0.2) is 41.6 Å². The van der Waals surface area contributed by atoms with Crippen LogP contribution in [0.5, 0.6) is 0 Å². The van der Waals surface area contributed by atoms with Crippen LogP contribution in [0, 0.1) is 0 Å². The van der Waals surface area contributed by atoms with Gasteiger partial charge in [-0.2, -0.15) is 14.6 Å². The van der Waals surface area contributed by atoms with E-state index in [9.17, 15) is 0 Å². The van der Waals surface area contributed by atoms with Crippen LogP contribution in [-0.2, 0) is 11.3 Å². The topological polar surface area (TPSA) is 122 Å². The molecule has 0 atom stereocenters. The quantitative estimate of drug-likeness (QED) is 0.417. The molecule has 0 amide bonds. The number of furan rings is 1. The van der Waals surface area contributed by atoms with Gasteiger partial charge in [-0.05, 0) is 30.0 Å². The second-order valence-electron chi connectivity index (χ2n) is 4.75. The average molecular weight is 344 g/mol. The fourth-order valence-electron chi connectivity index (χ4n) is 2.14. The molecule has 122 valence electrons. The molecule has 4 aromatic heterocycles. The zero-order valence-corrected chi connectivity index (χ0v) is 13.3. The molecule has 0 unspecified atom stereocenters. The van der Waals surface area contributed by atoms with E-state index in [1.807, 2.05) is 6.07 Å². The second-order valence-corrected chi connectivity index (χ2v) is 5.73. The first-order valence-corrected chi connectivity index (χ1v) is 7.68. The molecule has 0 aliphatic rings. The molecule has 0 aliphatic heterocycles. The molecule has 24 heavy (non-hydrogen) atoms. The summed E-state index contributed by atoms with van der Waals surface area (Å²) in [4.78, 5) is 8.47. The van der Waals surface area contributed by atoms with E-state index in [1.165, 1.54) is 22.8 Å². The number of methoxy groups -OCH3 is 1. The van der Waals surface area contributed by atoms with Crippen molar-refractivity contribution < 1.29 is 9.15 Å². The Kier molecular flexibility index (Phi) is 3.63. The van der Waals surface area contributed by atoms with Crippen molar-refractivity contribution in [3.8, 4) is 11.6 Å². The van der Waals surface area contributed by atoms with Gasteiger partial charge in [-0.25, -0.2) is 9.66 Å². The third-order valence-electron chi connectivity index (χ3n) is 3.17. The van der Waals surface area contributed by atoms with E-state index in [1.54, 1.807) is 30.0 Å². The number of ether oxygens (including phenoxy) is 1. The van der Waals surface area contributed by atoms with E-state index >= 15 is 0 Å². The number of hydrogen-bond acceptors (Lipinski definition) is 9. The van der Waals surface area contributed by atoms with Crippen molar-refractivity contribution in [2.24, 2.45) is 0 Å². The van der Waals surface area contributed by atoms with Crippen LogP contribution in [0.15, 0.2) is 45.4 Å². The molecule has 0 saturated carbocycles. The Morgan fingerprint density at radius 1 is 1.38 bits per heavy atom. The number of fused-ring (bicyclic) bond motifs is 1. The van der Waals surface area contributed by atoms with Gasteiger partial charge in [0.1, 0.15) is 11.4 Å². The largest absolute Gasteiger partial charge is 0.461 e. The van der Waals surface area contributed by atoms with Gasteiger partial charge in [-0.1, -0.05) is 0 Å². The SMILES string of the molecule is COCc1cc(Sc2nnc(-c3ccco3)n2N)n2ncnc2n1. The van der Waals surface area contributed by atoms with E-state index in [-0.39, 0.29) is 0 Å². The Morgan fingerprint density at radius 3 is 3.08 bits per heavy atom. The maximum Gasteiger partial charge on any atom is 0.253 e. The van der Waals surface area contributed by atoms with Gasteiger partial charge in [0.2, 0.25) is 11.0 Å². The Labute approximate surface area is 139 Å². The summed E-state index contributed by atoms with van der Waals surface area (Å²) in [5, 5.41) is 13.6. The summed E-state index contributed by atoms with van der Waals surface area (Å²) < 4.78 is 13.4. The van der Waals surface area contributed by atoms with Crippen LogP contribution in [0.4, 0.5) is 0 Å². The minimum atomic E-state index is 0.365. The molecule has 2 N–H and O–H groups in total. The zero-order valence-electron chi connectivity index (χ0n) is 12.5. The molecule has 0 fully saturated rings. The molecule has 4 heterocycles. The molecule has 0 aromatic carbocycles. The van der Waals surface area contributed by atoms with Crippen LogP contribution in [0.25, 0.3) is 17.4 Å². The molecular weight excluding hydrogens is 332 g/mol. The molecule has 0 radical (unpaired) electrons. The maximum absolute atomic E-state index is 6.08. The summed E-state index contributed by atoms with van der Waals surface area (Å²) in [7, 11) is 1.61. The summed E-state index contributed by atoms with van der Waals surface area (Å²) >= 11 is 1.29. The van der Waals surface area contributed by atoms with Gasteiger partial charge in [0.15, 0.2) is 5.76 Å². The van der Waals surface area contributed by atoms with Gasteiger partial charge in [0.25, 0.3) is 5.78 Å². The Bertz CT molecular complexity index is 977. The molecule has 0 bridgehead atoms. The highest BCUT2D eigenvalue weighted by Crippen LogP contribution is 2.28. The summed E-state index contributed by atoms with van der Waals surface area (Å²) in [5.74, 6) is 7.53. The Balaban J connectivity index is 1.73. The lowest BCUT2D eigenvalue weighted by atomic mass is 10.4. The van der Waals surface area contributed by atoms with E-state index in [0.717, 1.165) is 10.7 Å². The number of aromatic nitrogens is 7. The number of nitrogen functional groups attached to an aromatic ring is 1. The molecule has 10 nitrogen and oxygen atoms in total. The third-order valence-corrected chi connectivity index (χ3v) is 4.13. The van der Waals surface area contributed by atoms with Crippen LogP contribution >= 0.6 is 11.8 Å². The molecule has 4 aromatic rings. The van der Waals surface area contributed by atoms with Crippen LogP contribution in [0.2, 0.25) is 0 Å². The van der Waals surface area contributed by atoms with Crippen molar-refractivity contribution in [3.63, 3.8) is 0 Å². The van der Waals surface area contributed by atoms with E-state index in [4.69, 9.17) is 15.0 Å². The molecule has 4 rings (SSSR count). The predicted octanol–water partition coefficient (Wildman–Crippen LogP) is 0.987. The van der Waals surface area contributed by atoms with E-state index < -0.39 is 0 Å². The van der Waals surface area contributed by atoms with Crippen LogP contribution < -0.4 is 5.84 Å². The summed E-state index contributed by atoms with van der Waals surface area (Å²) in [5.41, 5.74) is 0.731. The van der Waals surface area contributed by atoms with E-state index in [2.05, 4.69) is 25.3 Å². The summed E-state index contributed by atoms with van der Waals surface area (Å²) in [6, 6.07) is 5.37. The smallest absolute Gasteiger partial charge is 0.253 e. The molecule has 0 aliphatic carbocycles. The van der Waals surface area contributed by atoms with Gasteiger partial charge in [0, 0.05) is 7.11 Å². The minimum Gasteiger partial charge on any atom is -0.461 e. The summed E-state index contributed by atoms with van der Waals surface area (Å²) in [6.45, 7) is 0.365. The van der Waals surface area contributed by atoms with Crippen molar-refractivity contribution >= 4 is 17.5 Å². The van der Waals surface area contributed by atoms with Crippen molar-refractivity contribution in [2.75, 3.05) is 13.0 Å². The van der Waals surface area contributed by atoms with Gasteiger partial charge in [-0.3, -0.25) is 0 Å². The zero-order chi connectivity index (χ0) is 16.5. The summed E-state index contributed by atoms with van der Waals surface area (Å²) in [6.07, 6.45) is 2.99. The monoisotopic (exact) mass is 344 g/mol. The van der Waals surface area contributed by atoms with Crippen molar-refractivity contribution in [1.82, 2.24) is 34.5 Å². The maximum atomic E-state index is 6.08. The highest BCUT2D eigenvalue weighted by molar-refractivity contribution is 7.99. The van der Waals surface area contributed by atoms with Crippen LogP contribution in [0.3, 0.4) is 0 Å². The second kappa shape index (κ2) is 5.94. The predicted molar refractivity (Wildman–Crippen MR) is 83.5 cm³/mol. The Hall–Kier alpha value is -2.92. The van der Waals surface area contributed by atoms with Gasteiger partial charge < -0.3 is 15.0 Å². The molecule has 0 saturated heterocycles. The van der Waals surface area contributed by atoms with E-state index in [0.29, 0.717) is 29.1 Å².